The molecular formula is C17H26O3. The van der Waals surface area contributed by atoms with Crippen molar-refractivity contribution in [2.45, 2.75) is 52.4 Å². The molecule has 112 valence electrons. The van der Waals surface area contributed by atoms with E-state index in [-0.39, 0.29) is 18.1 Å². The highest BCUT2D eigenvalue weighted by atomic mass is 16.5. The molecule has 3 heteroatoms. The average molecular weight is 278 g/mol. The maximum Gasteiger partial charge on any atom is 0.119 e. The maximum absolute atomic E-state index is 10.6. The van der Waals surface area contributed by atoms with Gasteiger partial charge in [-0.15, -0.1) is 0 Å². The molecule has 1 N–H and O–H groups in total. The van der Waals surface area contributed by atoms with Crippen LogP contribution >= 0.6 is 0 Å². The topological polar surface area (TPSA) is 38.7 Å². The van der Waals surface area contributed by atoms with E-state index in [0.29, 0.717) is 5.92 Å². The lowest BCUT2D eigenvalue weighted by Gasteiger charge is -2.25. The van der Waals surface area contributed by atoms with E-state index < -0.39 is 6.10 Å². The number of hydrogen-bond acceptors (Lipinski definition) is 3. The molecule has 5 atom stereocenters. The molecule has 0 bridgehead atoms. The molecule has 2 rings (SSSR count). The largest absolute Gasteiger partial charge is 0.494 e. The van der Waals surface area contributed by atoms with Gasteiger partial charge >= 0.3 is 0 Å². The van der Waals surface area contributed by atoms with Crippen molar-refractivity contribution in [3.8, 4) is 5.75 Å². The summed E-state index contributed by atoms with van der Waals surface area (Å²) in [5.41, 5.74) is 0.940. The van der Waals surface area contributed by atoms with Crippen LogP contribution in [0, 0.1) is 11.8 Å². The fourth-order valence-corrected chi connectivity index (χ4v) is 3.04. The second-order valence-corrected chi connectivity index (χ2v) is 5.85. The summed E-state index contributed by atoms with van der Waals surface area (Å²) >= 11 is 0. The molecular weight excluding hydrogens is 252 g/mol. The summed E-state index contributed by atoms with van der Waals surface area (Å²) in [6.45, 7) is 9.09. The van der Waals surface area contributed by atoms with E-state index in [1.54, 1.807) is 0 Å². The van der Waals surface area contributed by atoms with E-state index in [0.717, 1.165) is 24.3 Å². The number of hydrogen-bond donors (Lipinski definition) is 1. The molecule has 1 saturated heterocycles. The molecule has 0 saturated carbocycles. The fourth-order valence-electron chi connectivity index (χ4n) is 3.04. The van der Waals surface area contributed by atoms with E-state index in [2.05, 4.69) is 20.8 Å². The van der Waals surface area contributed by atoms with E-state index in [4.69, 9.17) is 9.47 Å². The van der Waals surface area contributed by atoms with Crippen LogP contribution < -0.4 is 4.74 Å². The molecule has 0 aliphatic carbocycles. The van der Waals surface area contributed by atoms with Gasteiger partial charge in [0.1, 0.15) is 5.75 Å². The highest BCUT2D eigenvalue weighted by Gasteiger charge is 2.41. The molecule has 3 nitrogen and oxygen atoms in total. The first kappa shape index (κ1) is 15.3. The van der Waals surface area contributed by atoms with E-state index >= 15 is 0 Å². The van der Waals surface area contributed by atoms with Gasteiger partial charge < -0.3 is 14.6 Å². The van der Waals surface area contributed by atoms with Gasteiger partial charge in [0, 0.05) is 5.92 Å². The molecule has 5 unspecified atom stereocenters. The number of aliphatic hydroxyl groups is 1. The Morgan fingerprint density at radius 2 is 1.80 bits per heavy atom. The first-order chi connectivity index (χ1) is 9.54. The van der Waals surface area contributed by atoms with E-state index in [9.17, 15) is 5.11 Å². The lowest BCUT2D eigenvalue weighted by molar-refractivity contribution is 0.0231. The lowest BCUT2D eigenvalue weighted by Crippen LogP contribution is -2.24. The zero-order chi connectivity index (χ0) is 14.7. The number of benzene rings is 1. The van der Waals surface area contributed by atoms with Gasteiger partial charge in [0.2, 0.25) is 0 Å². The van der Waals surface area contributed by atoms with Crippen molar-refractivity contribution in [2.24, 2.45) is 11.8 Å². The van der Waals surface area contributed by atoms with Gasteiger partial charge in [0.05, 0.1) is 24.9 Å². The van der Waals surface area contributed by atoms with Crippen LogP contribution in [0.1, 0.15) is 45.8 Å². The minimum absolute atomic E-state index is 0.0889. The fraction of sp³-hybridized carbons (Fsp3) is 0.647. The van der Waals surface area contributed by atoms with Crippen LogP contribution in [0.25, 0.3) is 0 Å². The van der Waals surface area contributed by atoms with Crippen molar-refractivity contribution >= 4 is 0 Å². The molecule has 0 amide bonds. The predicted molar refractivity (Wildman–Crippen MR) is 79.9 cm³/mol. The van der Waals surface area contributed by atoms with Crippen LogP contribution in [0.5, 0.6) is 5.75 Å². The van der Waals surface area contributed by atoms with Gasteiger partial charge in [0.15, 0.2) is 0 Å². The molecule has 0 aromatic heterocycles. The Morgan fingerprint density at radius 3 is 2.30 bits per heavy atom. The molecule has 1 aromatic rings. The summed E-state index contributed by atoms with van der Waals surface area (Å²) < 4.78 is 11.4. The highest BCUT2D eigenvalue weighted by molar-refractivity contribution is 5.29. The molecule has 1 aromatic carbocycles. The van der Waals surface area contributed by atoms with Crippen LogP contribution in [0.4, 0.5) is 0 Å². The number of aliphatic hydroxyl groups excluding tert-OH is 1. The first-order valence-electron chi connectivity index (χ1n) is 7.60. The van der Waals surface area contributed by atoms with Crippen LogP contribution in [-0.2, 0) is 4.74 Å². The number of ether oxygens (including phenoxy) is 2. The standard InChI is InChI=1S/C17H26O3/c1-5-10-19-15-8-6-14(7-9-15)17(18)16-11(2)12(3)20-13(16)4/h6-9,11-13,16-18H,5,10H2,1-4H3. The van der Waals surface area contributed by atoms with Crippen molar-refractivity contribution in [3.63, 3.8) is 0 Å². The maximum atomic E-state index is 10.6. The van der Waals surface area contributed by atoms with Gasteiger partial charge in [-0.2, -0.15) is 0 Å². The summed E-state index contributed by atoms with van der Waals surface area (Å²) in [7, 11) is 0. The summed E-state index contributed by atoms with van der Waals surface area (Å²) in [6, 6.07) is 7.78. The van der Waals surface area contributed by atoms with Crippen molar-refractivity contribution in [3.05, 3.63) is 29.8 Å². The third-order valence-corrected chi connectivity index (χ3v) is 4.38. The monoisotopic (exact) mass is 278 g/mol. The summed E-state index contributed by atoms with van der Waals surface area (Å²) in [5.74, 6) is 1.36. The smallest absolute Gasteiger partial charge is 0.119 e. The van der Waals surface area contributed by atoms with Gasteiger partial charge in [-0.05, 0) is 43.9 Å². The van der Waals surface area contributed by atoms with Crippen molar-refractivity contribution in [1.29, 1.82) is 0 Å². The normalized spacial score (nSPS) is 31.2. The minimum Gasteiger partial charge on any atom is -0.494 e. The van der Waals surface area contributed by atoms with Crippen molar-refractivity contribution < 1.29 is 14.6 Å². The second kappa shape index (κ2) is 6.59. The Hall–Kier alpha value is -1.06. The summed E-state index contributed by atoms with van der Waals surface area (Å²) in [6.07, 6.45) is 0.810. The molecule has 1 aliphatic heterocycles. The molecule has 1 heterocycles. The van der Waals surface area contributed by atoms with Crippen LogP contribution in [0.2, 0.25) is 0 Å². The van der Waals surface area contributed by atoms with Gasteiger partial charge in [0.25, 0.3) is 0 Å². The third-order valence-electron chi connectivity index (χ3n) is 4.38. The minimum atomic E-state index is -0.481. The quantitative estimate of drug-likeness (QED) is 0.895. The van der Waals surface area contributed by atoms with Gasteiger partial charge in [-0.1, -0.05) is 26.0 Å². The van der Waals surface area contributed by atoms with Crippen molar-refractivity contribution in [2.75, 3.05) is 6.61 Å². The van der Waals surface area contributed by atoms with Gasteiger partial charge in [-0.3, -0.25) is 0 Å². The third kappa shape index (κ3) is 3.15. The van der Waals surface area contributed by atoms with Gasteiger partial charge in [-0.25, -0.2) is 0 Å². The molecule has 1 fully saturated rings. The van der Waals surface area contributed by atoms with Crippen LogP contribution in [-0.4, -0.2) is 23.9 Å². The predicted octanol–water partition coefficient (Wildman–Crippen LogP) is 3.57. The Balaban J connectivity index is 2.07. The second-order valence-electron chi connectivity index (χ2n) is 5.85. The zero-order valence-corrected chi connectivity index (χ0v) is 12.9. The first-order valence-corrected chi connectivity index (χ1v) is 7.60. The summed E-state index contributed by atoms with van der Waals surface area (Å²) in [5, 5.41) is 10.6. The van der Waals surface area contributed by atoms with E-state index in [1.807, 2.05) is 31.2 Å². The molecule has 20 heavy (non-hydrogen) atoms. The Bertz CT molecular complexity index is 415. The van der Waals surface area contributed by atoms with Crippen LogP contribution in [0.3, 0.4) is 0 Å². The Labute approximate surface area is 121 Å². The summed E-state index contributed by atoms with van der Waals surface area (Å²) in [4.78, 5) is 0. The zero-order valence-electron chi connectivity index (χ0n) is 12.9. The molecule has 0 radical (unpaired) electrons. The van der Waals surface area contributed by atoms with E-state index in [1.165, 1.54) is 0 Å². The number of rotatable bonds is 5. The lowest BCUT2D eigenvalue weighted by atomic mass is 9.82. The average Bonchev–Trinajstić information content (AvgIpc) is 2.70. The highest BCUT2D eigenvalue weighted by Crippen LogP contribution is 2.40. The van der Waals surface area contributed by atoms with Crippen molar-refractivity contribution in [1.82, 2.24) is 0 Å². The van der Waals surface area contributed by atoms with Crippen LogP contribution in [0.15, 0.2) is 24.3 Å². The Kier molecular flexibility index (Phi) is 5.06. The molecule has 0 spiro atoms. The molecule has 1 aliphatic rings. The SMILES string of the molecule is CCCOc1ccc(C(O)C2C(C)OC(C)C2C)cc1. The Morgan fingerprint density at radius 1 is 1.15 bits per heavy atom.